The highest BCUT2D eigenvalue weighted by atomic mass is 16.5. The zero-order valence-corrected chi connectivity index (χ0v) is 11.5. The van der Waals surface area contributed by atoms with Gasteiger partial charge in [0.05, 0.1) is 12.3 Å². The monoisotopic (exact) mass is 261 g/mol. The summed E-state index contributed by atoms with van der Waals surface area (Å²) in [4.78, 5) is 11.8. The van der Waals surface area contributed by atoms with Crippen LogP contribution < -0.4 is 10.1 Å². The van der Waals surface area contributed by atoms with Crippen LogP contribution in [-0.4, -0.2) is 23.7 Å². The number of benzene rings is 1. The predicted octanol–water partition coefficient (Wildman–Crippen LogP) is 1.91. The molecule has 1 amide bonds. The van der Waals surface area contributed by atoms with Gasteiger partial charge >= 0.3 is 0 Å². The Morgan fingerprint density at radius 3 is 2.95 bits per heavy atom. The summed E-state index contributed by atoms with van der Waals surface area (Å²) in [5.74, 6) is 0.918. The first-order chi connectivity index (χ1) is 8.92. The molecule has 0 radical (unpaired) electrons. The quantitative estimate of drug-likeness (QED) is 0.812. The average Bonchev–Trinajstić information content (AvgIpc) is 2.70. The molecule has 4 heteroatoms. The van der Waals surface area contributed by atoms with Gasteiger partial charge in [-0.1, -0.05) is 19.9 Å². The number of amides is 1. The number of fused-ring (bicyclic) bond motifs is 3. The van der Waals surface area contributed by atoms with E-state index in [0.29, 0.717) is 6.42 Å². The van der Waals surface area contributed by atoms with Gasteiger partial charge in [0.2, 0.25) is 5.91 Å². The number of carbonyl (C=O) groups is 1. The van der Waals surface area contributed by atoms with Gasteiger partial charge in [-0.05, 0) is 18.1 Å². The number of ether oxygens (including phenoxy) is 1. The maximum atomic E-state index is 11.8. The summed E-state index contributed by atoms with van der Waals surface area (Å²) in [5, 5.41) is 12.3. The van der Waals surface area contributed by atoms with Crippen molar-refractivity contribution in [3.8, 4) is 5.75 Å². The number of carbonyl (C=O) groups excluding carboxylic acids is 1. The maximum Gasteiger partial charge on any atom is 0.225 e. The van der Waals surface area contributed by atoms with Gasteiger partial charge in [0.15, 0.2) is 0 Å². The van der Waals surface area contributed by atoms with Gasteiger partial charge < -0.3 is 15.2 Å². The predicted molar refractivity (Wildman–Crippen MR) is 72.7 cm³/mol. The molecule has 1 aromatic rings. The molecule has 1 atom stereocenters. The minimum atomic E-state index is -0.238. The van der Waals surface area contributed by atoms with Gasteiger partial charge in [0, 0.05) is 23.8 Å². The third-order valence-electron chi connectivity index (χ3n) is 4.03. The van der Waals surface area contributed by atoms with E-state index >= 15 is 0 Å². The van der Waals surface area contributed by atoms with E-state index in [0.717, 1.165) is 34.5 Å². The van der Waals surface area contributed by atoms with E-state index in [1.807, 2.05) is 6.92 Å². The van der Waals surface area contributed by atoms with Crippen LogP contribution >= 0.6 is 0 Å². The smallest absolute Gasteiger partial charge is 0.225 e. The molecular weight excluding hydrogens is 242 g/mol. The Bertz CT molecular complexity index is 563. The molecule has 0 spiro atoms. The highest BCUT2D eigenvalue weighted by molar-refractivity contribution is 5.97. The van der Waals surface area contributed by atoms with Crippen LogP contribution in [-0.2, 0) is 16.6 Å². The molecule has 2 heterocycles. The van der Waals surface area contributed by atoms with Gasteiger partial charge in [0.25, 0.3) is 0 Å². The molecule has 19 heavy (non-hydrogen) atoms. The molecule has 0 aromatic heterocycles. The highest BCUT2D eigenvalue weighted by Gasteiger charge is 2.39. The molecule has 0 fully saturated rings. The molecule has 0 saturated heterocycles. The van der Waals surface area contributed by atoms with Crippen LogP contribution in [0.4, 0.5) is 5.69 Å². The van der Waals surface area contributed by atoms with Crippen molar-refractivity contribution in [2.75, 3.05) is 11.9 Å². The Kier molecular flexibility index (Phi) is 2.61. The van der Waals surface area contributed by atoms with E-state index in [9.17, 15) is 9.90 Å². The fourth-order valence-corrected chi connectivity index (χ4v) is 3.19. The summed E-state index contributed by atoms with van der Waals surface area (Å²) in [7, 11) is 0. The van der Waals surface area contributed by atoms with Crippen molar-refractivity contribution in [2.24, 2.45) is 0 Å². The molecule has 0 bridgehead atoms. The minimum Gasteiger partial charge on any atom is -0.487 e. The SMILES string of the molecule is Cc1cc2c(c3c1NC(=O)CC3(C)C)OC(CO)C2. The normalized spacial score (nSPS) is 23.4. The van der Waals surface area contributed by atoms with Crippen molar-refractivity contribution in [3.05, 3.63) is 22.8 Å². The maximum absolute atomic E-state index is 11.8. The molecule has 0 aliphatic carbocycles. The van der Waals surface area contributed by atoms with Crippen molar-refractivity contribution in [3.63, 3.8) is 0 Å². The van der Waals surface area contributed by atoms with Crippen molar-refractivity contribution in [2.45, 2.75) is 45.1 Å². The zero-order valence-electron chi connectivity index (χ0n) is 11.5. The third-order valence-corrected chi connectivity index (χ3v) is 4.03. The van der Waals surface area contributed by atoms with E-state index in [-0.39, 0.29) is 24.0 Å². The van der Waals surface area contributed by atoms with Crippen molar-refractivity contribution in [1.82, 2.24) is 0 Å². The van der Waals surface area contributed by atoms with Crippen molar-refractivity contribution in [1.29, 1.82) is 0 Å². The first kappa shape index (κ1) is 12.5. The summed E-state index contributed by atoms with van der Waals surface area (Å²) in [6.07, 6.45) is 1.04. The van der Waals surface area contributed by atoms with Gasteiger partial charge in [0.1, 0.15) is 11.9 Å². The summed E-state index contributed by atoms with van der Waals surface area (Å²) in [5.41, 5.74) is 3.94. The van der Waals surface area contributed by atoms with Crippen LogP contribution in [0.5, 0.6) is 5.75 Å². The molecule has 1 aromatic carbocycles. The minimum absolute atomic E-state index is 0.0231. The van der Waals surface area contributed by atoms with E-state index < -0.39 is 0 Å². The number of hydrogen-bond donors (Lipinski definition) is 2. The van der Waals surface area contributed by atoms with Gasteiger partial charge in [-0.3, -0.25) is 4.79 Å². The van der Waals surface area contributed by atoms with E-state index in [1.165, 1.54) is 0 Å². The number of rotatable bonds is 1. The van der Waals surface area contributed by atoms with E-state index in [1.54, 1.807) is 0 Å². The Labute approximate surface area is 112 Å². The first-order valence-corrected chi connectivity index (χ1v) is 6.66. The molecule has 2 aliphatic rings. The second kappa shape index (κ2) is 3.97. The fraction of sp³-hybridized carbons (Fsp3) is 0.533. The number of nitrogens with one attached hydrogen (secondary N) is 1. The Balaban J connectivity index is 2.21. The fourth-order valence-electron chi connectivity index (χ4n) is 3.19. The Hall–Kier alpha value is -1.55. The summed E-state index contributed by atoms with van der Waals surface area (Å²) in [6, 6.07) is 2.06. The first-order valence-electron chi connectivity index (χ1n) is 6.66. The Morgan fingerprint density at radius 2 is 2.26 bits per heavy atom. The van der Waals surface area contributed by atoms with Crippen molar-refractivity contribution < 1.29 is 14.6 Å². The average molecular weight is 261 g/mol. The molecule has 1 unspecified atom stereocenters. The molecular formula is C15H19NO3. The topological polar surface area (TPSA) is 58.6 Å². The van der Waals surface area contributed by atoms with Crippen LogP contribution in [0.25, 0.3) is 0 Å². The molecule has 2 aliphatic heterocycles. The second-order valence-electron chi connectivity index (χ2n) is 6.17. The number of hydrogen-bond acceptors (Lipinski definition) is 3. The lowest BCUT2D eigenvalue weighted by Crippen LogP contribution is -2.33. The summed E-state index contributed by atoms with van der Waals surface area (Å²) in [6.45, 7) is 6.17. The van der Waals surface area contributed by atoms with E-state index in [2.05, 4.69) is 25.2 Å². The summed E-state index contributed by atoms with van der Waals surface area (Å²) < 4.78 is 5.88. The lowest BCUT2D eigenvalue weighted by molar-refractivity contribution is -0.117. The van der Waals surface area contributed by atoms with Gasteiger partial charge in [-0.2, -0.15) is 0 Å². The second-order valence-corrected chi connectivity index (χ2v) is 6.17. The summed E-state index contributed by atoms with van der Waals surface area (Å²) >= 11 is 0. The molecule has 102 valence electrons. The lowest BCUT2D eigenvalue weighted by atomic mass is 9.76. The standard InChI is InChI=1S/C15H19NO3/c1-8-4-9-5-10(7-17)19-14(9)12-13(8)16-11(18)6-15(12,2)3/h4,10,17H,5-7H2,1-3H3,(H,16,18). The number of aliphatic hydroxyl groups excluding tert-OH is 1. The molecule has 2 N–H and O–H groups in total. The van der Waals surface area contributed by atoms with Crippen LogP contribution in [0.15, 0.2) is 6.07 Å². The number of anilines is 1. The largest absolute Gasteiger partial charge is 0.487 e. The molecule has 4 nitrogen and oxygen atoms in total. The number of aliphatic hydroxyl groups is 1. The Morgan fingerprint density at radius 1 is 1.53 bits per heavy atom. The van der Waals surface area contributed by atoms with Crippen LogP contribution in [0, 0.1) is 6.92 Å². The zero-order chi connectivity index (χ0) is 13.8. The lowest BCUT2D eigenvalue weighted by Gasteiger charge is -2.34. The van der Waals surface area contributed by atoms with Gasteiger partial charge in [-0.15, -0.1) is 0 Å². The molecule has 3 rings (SSSR count). The number of aryl methyl sites for hydroxylation is 1. The molecule has 0 saturated carbocycles. The highest BCUT2D eigenvalue weighted by Crippen LogP contribution is 2.48. The van der Waals surface area contributed by atoms with Crippen molar-refractivity contribution >= 4 is 11.6 Å². The van der Waals surface area contributed by atoms with Gasteiger partial charge in [-0.25, -0.2) is 0 Å². The third kappa shape index (κ3) is 1.82. The van der Waals surface area contributed by atoms with Crippen LogP contribution in [0.3, 0.4) is 0 Å². The van der Waals surface area contributed by atoms with E-state index in [4.69, 9.17) is 4.74 Å². The van der Waals surface area contributed by atoms with Crippen LogP contribution in [0.2, 0.25) is 0 Å². The van der Waals surface area contributed by atoms with Crippen LogP contribution in [0.1, 0.15) is 37.0 Å².